The minimum Gasteiger partial charge on any atom is -0.326 e. The van der Waals surface area contributed by atoms with E-state index in [1.54, 1.807) is 0 Å². The summed E-state index contributed by atoms with van der Waals surface area (Å²) < 4.78 is 0. The van der Waals surface area contributed by atoms with Gasteiger partial charge in [0.05, 0.1) is 0 Å². The third-order valence-electron chi connectivity index (χ3n) is 4.52. The molecule has 2 rings (SSSR count). The molecule has 1 aliphatic heterocycles. The van der Waals surface area contributed by atoms with E-state index in [1.165, 1.54) is 51.9 Å². The number of hydrogen-bond donors (Lipinski definition) is 1. The highest BCUT2D eigenvalue weighted by Crippen LogP contribution is 2.27. The molecule has 0 bridgehead atoms. The quantitative estimate of drug-likeness (QED) is 0.782. The highest BCUT2D eigenvalue weighted by molar-refractivity contribution is 4.93. The topological polar surface area (TPSA) is 32.5 Å². The van der Waals surface area contributed by atoms with Crippen molar-refractivity contribution in [1.82, 2.24) is 9.80 Å². The summed E-state index contributed by atoms with van der Waals surface area (Å²) in [5.74, 6) is 0. The molecule has 1 saturated heterocycles. The van der Waals surface area contributed by atoms with E-state index in [-0.39, 0.29) is 0 Å². The molecule has 16 heavy (non-hydrogen) atoms. The van der Waals surface area contributed by atoms with Gasteiger partial charge < -0.3 is 5.73 Å². The van der Waals surface area contributed by atoms with Crippen molar-refractivity contribution in [2.45, 2.75) is 57.7 Å². The van der Waals surface area contributed by atoms with Crippen molar-refractivity contribution < 1.29 is 0 Å². The maximum Gasteiger partial charge on any atom is 0.0247 e. The lowest BCUT2D eigenvalue weighted by Gasteiger charge is -2.30. The Hall–Kier alpha value is -0.120. The third-order valence-corrected chi connectivity index (χ3v) is 4.52. The summed E-state index contributed by atoms with van der Waals surface area (Å²) in [7, 11) is 0. The Morgan fingerprint density at radius 1 is 1.19 bits per heavy atom. The second-order valence-corrected chi connectivity index (χ2v) is 5.32. The normalized spacial score (nSPS) is 36.4. The van der Waals surface area contributed by atoms with E-state index in [1.807, 2.05) is 0 Å². The van der Waals surface area contributed by atoms with Crippen LogP contribution in [-0.4, -0.2) is 54.1 Å². The largest absolute Gasteiger partial charge is 0.326 e. The molecule has 3 heteroatoms. The van der Waals surface area contributed by atoms with Crippen LogP contribution in [0.4, 0.5) is 0 Å². The van der Waals surface area contributed by atoms with Gasteiger partial charge >= 0.3 is 0 Å². The molecular formula is C13H27N3. The molecule has 1 saturated carbocycles. The zero-order valence-corrected chi connectivity index (χ0v) is 10.9. The summed E-state index contributed by atoms with van der Waals surface area (Å²) in [6.07, 6.45) is 5.23. The molecule has 1 heterocycles. The number of hydrogen-bond acceptors (Lipinski definition) is 3. The highest BCUT2D eigenvalue weighted by Gasteiger charge is 2.35. The van der Waals surface area contributed by atoms with Crippen LogP contribution >= 0.6 is 0 Å². The van der Waals surface area contributed by atoms with E-state index < -0.39 is 0 Å². The number of likely N-dealkylation sites (N-methyl/N-ethyl adjacent to an activating group) is 1. The smallest absolute Gasteiger partial charge is 0.0247 e. The lowest BCUT2D eigenvalue weighted by atomic mass is 10.1. The second kappa shape index (κ2) is 5.48. The minimum absolute atomic E-state index is 0.440. The molecule has 0 spiro atoms. The van der Waals surface area contributed by atoms with Crippen LogP contribution in [0.3, 0.4) is 0 Å². The van der Waals surface area contributed by atoms with Crippen LogP contribution in [0.15, 0.2) is 0 Å². The van der Waals surface area contributed by atoms with Crippen LogP contribution in [-0.2, 0) is 0 Å². The summed E-state index contributed by atoms with van der Waals surface area (Å²) in [4.78, 5) is 5.25. The Balaban J connectivity index is 1.87. The van der Waals surface area contributed by atoms with Gasteiger partial charge in [-0.15, -0.1) is 0 Å². The average molecular weight is 225 g/mol. The summed E-state index contributed by atoms with van der Waals surface area (Å²) >= 11 is 0. The molecule has 1 aliphatic carbocycles. The fraction of sp³-hybridized carbons (Fsp3) is 1.00. The van der Waals surface area contributed by atoms with Gasteiger partial charge in [-0.1, -0.05) is 20.3 Å². The van der Waals surface area contributed by atoms with Crippen LogP contribution in [0.1, 0.15) is 39.5 Å². The Morgan fingerprint density at radius 3 is 2.50 bits per heavy atom. The molecule has 0 radical (unpaired) electrons. The van der Waals surface area contributed by atoms with Crippen molar-refractivity contribution in [3.05, 3.63) is 0 Å². The van der Waals surface area contributed by atoms with Crippen molar-refractivity contribution in [3.8, 4) is 0 Å². The van der Waals surface area contributed by atoms with Crippen LogP contribution in [0, 0.1) is 0 Å². The van der Waals surface area contributed by atoms with E-state index in [0.29, 0.717) is 12.1 Å². The van der Waals surface area contributed by atoms with Crippen LogP contribution in [0.5, 0.6) is 0 Å². The van der Waals surface area contributed by atoms with Crippen molar-refractivity contribution >= 4 is 0 Å². The number of likely N-dealkylation sites (tertiary alicyclic amines) is 1. The van der Waals surface area contributed by atoms with Gasteiger partial charge in [0, 0.05) is 31.2 Å². The summed E-state index contributed by atoms with van der Waals surface area (Å²) in [6.45, 7) is 9.43. The first-order valence-corrected chi connectivity index (χ1v) is 7.00. The molecule has 2 N–H and O–H groups in total. The van der Waals surface area contributed by atoms with E-state index in [4.69, 9.17) is 5.73 Å². The lowest BCUT2D eigenvalue weighted by molar-refractivity contribution is 0.181. The van der Waals surface area contributed by atoms with Gasteiger partial charge in [-0.05, 0) is 32.4 Å². The van der Waals surface area contributed by atoms with Gasteiger partial charge in [0.25, 0.3) is 0 Å². The molecule has 2 aliphatic rings. The Bertz CT molecular complexity index is 215. The van der Waals surface area contributed by atoms with Gasteiger partial charge in [-0.2, -0.15) is 0 Å². The molecule has 0 aromatic carbocycles. The standard InChI is InChI=1S/C13H27N3/c1-3-15(4-2)11-8-9-16(10-11)13-7-5-6-12(13)14/h11-13H,3-10,14H2,1-2H3. The van der Waals surface area contributed by atoms with Crippen LogP contribution in [0.2, 0.25) is 0 Å². The van der Waals surface area contributed by atoms with E-state index in [2.05, 4.69) is 23.6 Å². The molecule has 3 nitrogen and oxygen atoms in total. The Kier molecular flexibility index (Phi) is 4.22. The zero-order chi connectivity index (χ0) is 11.5. The van der Waals surface area contributed by atoms with Crippen LogP contribution < -0.4 is 5.73 Å². The first-order valence-electron chi connectivity index (χ1n) is 7.00. The Labute approximate surface area is 100.0 Å². The van der Waals surface area contributed by atoms with Gasteiger partial charge in [-0.25, -0.2) is 0 Å². The van der Waals surface area contributed by atoms with E-state index in [9.17, 15) is 0 Å². The molecular weight excluding hydrogens is 198 g/mol. The minimum atomic E-state index is 0.440. The molecule has 94 valence electrons. The molecule has 3 unspecified atom stereocenters. The predicted octanol–water partition coefficient (Wildman–Crippen LogP) is 1.28. The fourth-order valence-electron chi connectivity index (χ4n) is 3.53. The van der Waals surface area contributed by atoms with Crippen LogP contribution in [0.25, 0.3) is 0 Å². The summed E-state index contributed by atoms with van der Waals surface area (Å²) in [5.41, 5.74) is 6.19. The number of rotatable bonds is 4. The maximum absolute atomic E-state index is 6.19. The molecule has 0 amide bonds. The van der Waals surface area contributed by atoms with Crippen molar-refractivity contribution in [2.24, 2.45) is 5.73 Å². The van der Waals surface area contributed by atoms with Crippen molar-refractivity contribution in [3.63, 3.8) is 0 Å². The van der Waals surface area contributed by atoms with Gasteiger partial charge in [0.2, 0.25) is 0 Å². The molecule has 0 aromatic rings. The first-order chi connectivity index (χ1) is 7.76. The van der Waals surface area contributed by atoms with Crippen molar-refractivity contribution in [2.75, 3.05) is 26.2 Å². The first kappa shape index (κ1) is 12.3. The molecule has 2 fully saturated rings. The average Bonchev–Trinajstić information content (AvgIpc) is 2.89. The lowest BCUT2D eigenvalue weighted by Crippen LogP contribution is -2.45. The summed E-state index contributed by atoms with van der Waals surface area (Å²) in [6, 6.07) is 1.90. The zero-order valence-electron chi connectivity index (χ0n) is 10.9. The Morgan fingerprint density at radius 2 is 1.94 bits per heavy atom. The highest BCUT2D eigenvalue weighted by atomic mass is 15.3. The van der Waals surface area contributed by atoms with Gasteiger partial charge in [-0.3, -0.25) is 9.80 Å². The number of nitrogens with two attached hydrogens (primary N) is 1. The maximum atomic E-state index is 6.19. The number of nitrogens with zero attached hydrogens (tertiary/aromatic N) is 2. The molecule has 0 aromatic heterocycles. The van der Waals surface area contributed by atoms with E-state index in [0.717, 1.165) is 6.04 Å². The van der Waals surface area contributed by atoms with E-state index >= 15 is 0 Å². The van der Waals surface area contributed by atoms with Gasteiger partial charge in [0.1, 0.15) is 0 Å². The SMILES string of the molecule is CCN(CC)C1CCN(C2CCCC2N)C1. The monoisotopic (exact) mass is 225 g/mol. The predicted molar refractivity (Wildman–Crippen MR) is 68.5 cm³/mol. The summed E-state index contributed by atoms with van der Waals surface area (Å²) in [5, 5.41) is 0. The van der Waals surface area contributed by atoms with Crippen molar-refractivity contribution in [1.29, 1.82) is 0 Å². The molecule has 3 atom stereocenters. The van der Waals surface area contributed by atoms with Gasteiger partial charge in [0.15, 0.2) is 0 Å². The fourth-order valence-corrected chi connectivity index (χ4v) is 3.53. The third kappa shape index (κ3) is 2.41. The second-order valence-electron chi connectivity index (χ2n) is 5.32.